The second-order valence-electron chi connectivity index (χ2n) is 2.70. The zero-order valence-corrected chi connectivity index (χ0v) is 8.73. The van der Waals surface area contributed by atoms with Gasteiger partial charge in [-0.2, -0.15) is 0 Å². The maximum absolute atomic E-state index is 11.3. The van der Waals surface area contributed by atoms with E-state index in [4.69, 9.17) is 5.73 Å². The Balaban J connectivity index is 2.62. The number of imidazole rings is 1. The van der Waals surface area contributed by atoms with E-state index in [1.165, 1.54) is 0 Å². The molecule has 0 saturated heterocycles. The predicted octanol–water partition coefficient (Wildman–Crippen LogP) is 0.633. The molecule has 0 aromatic carbocycles. The zero-order valence-electron chi connectivity index (χ0n) is 7.14. The largest absolute Gasteiger partial charge is 0.324 e. The van der Waals surface area contributed by atoms with Gasteiger partial charge in [0, 0.05) is 18.6 Å². The molecule has 0 aliphatic heterocycles. The van der Waals surface area contributed by atoms with Crippen LogP contribution in [0.15, 0.2) is 23.2 Å². The zero-order chi connectivity index (χ0) is 10.1. The molecule has 2 aromatic heterocycles. The highest BCUT2D eigenvalue weighted by Crippen LogP contribution is 2.13. The summed E-state index contributed by atoms with van der Waals surface area (Å²) in [7, 11) is 0. The summed E-state index contributed by atoms with van der Waals surface area (Å²) in [6.07, 6.45) is 4.98. The van der Waals surface area contributed by atoms with Crippen LogP contribution >= 0.6 is 15.9 Å². The number of fused-ring (bicyclic) bond motifs is 1. The monoisotopic (exact) mass is 254 g/mol. The molecule has 72 valence electrons. The first kappa shape index (κ1) is 9.29. The van der Waals surface area contributed by atoms with Crippen molar-refractivity contribution in [1.29, 1.82) is 0 Å². The van der Waals surface area contributed by atoms with E-state index in [2.05, 4.69) is 25.9 Å². The van der Waals surface area contributed by atoms with Crippen LogP contribution in [0.1, 0.15) is 10.5 Å². The molecule has 0 amide bonds. The Labute approximate surface area is 88.1 Å². The maximum atomic E-state index is 11.3. The summed E-state index contributed by atoms with van der Waals surface area (Å²) in [5, 5.41) is 0. The van der Waals surface area contributed by atoms with Gasteiger partial charge in [-0.3, -0.25) is 4.79 Å². The number of rotatable bonds is 2. The van der Waals surface area contributed by atoms with E-state index in [1.807, 2.05) is 0 Å². The fourth-order valence-electron chi connectivity index (χ4n) is 1.13. The van der Waals surface area contributed by atoms with Crippen molar-refractivity contribution in [2.24, 2.45) is 5.73 Å². The fraction of sp³-hybridized carbons (Fsp3) is 0.125. The average molecular weight is 255 g/mol. The lowest BCUT2D eigenvalue weighted by Gasteiger charge is -1.91. The Bertz CT molecular complexity index is 493. The van der Waals surface area contributed by atoms with E-state index in [0.29, 0.717) is 15.9 Å². The van der Waals surface area contributed by atoms with Crippen LogP contribution in [0.25, 0.3) is 5.65 Å². The Morgan fingerprint density at radius 2 is 2.43 bits per heavy atom. The molecular formula is C8H7BrN4O. The van der Waals surface area contributed by atoms with E-state index in [-0.39, 0.29) is 12.3 Å². The molecule has 6 heteroatoms. The first-order chi connectivity index (χ1) is 6.72. The molecule has 0 atom stereocenters. The van der Waals surface area contributed by atoms with E-state index in [1.54, 1.807) is 23.0 Å². The molecule has 14 heavy (non-hydrogen) atoms. The lowest BCUT2D eigenvalue weighted by molar-refractivity contribution is 0.0997. The van der Waals surface area contributed by atoms with Crippen molar-refractivity contribution in [3.05, 3.63) is 28.9 Å². The van der Waals surface area contributed by atoms with Gasteiger partial charge in [-0.15, -0.1) is 0 Å². The number of nitrogens with two attached hydrogens (primary N) is 1. The van der Waals surface area contributed by atoms with Crippen LogP contribution in [0, 0.1) is 0 Å². The number of hydrogen-bond acceptors (Lipinski definition) is 4. The van der Waals surface area contributed by atoms with Gasteiger partial charge in [-0.1, -0.05) is 0 Å². The van der Waals surface area contributed by atoms with Crippen molar-refractivity contribution in [2.45, 2.75) is 0 Å². The number of hydrogen-bond donors (Lipinski definition) is 1. The van der Waals surface area contributed by atoms with E-state index >= 15 is 0 Å². The van der Waals surface area contributed by atoms with Crippen LogP contribution in [0.3, 0.4) is 0 Å². The molecular weight excluding hydrogens is 248 g/mol. The topological polar surface area (TPSA) is 73.3 Å². The lowest BCUT2D eigenvalue weighted by Crippen LogP contribution is -2.13. The van der Waals surface area contributed by atoms with Gasteiger partial charge >= 0.3 is 0 Å². The minimum absolute atomic E-state index is 0.0328. The number of halogens is 1. The molecule has 5 nitrogen and oxygen atoms in total. The van der Waals surface area contributed by atoms with Gasteiger partial charge in [0.05, 0.1) is 6.54 Å². The summed E-state index contributed by atoms with van der Waals surface area (Å²) in [4.78, 5) is 19.4. The van der Waals surface area contributed by atoms with E-state index in [9.17, 15) is 4.79 Å². The third-order valence-corrected chi connectivity index (χ3v) is 2.36. The van der Waals surface area contributed by atoms with Gasteiger partial charge in [0.1, 0.15) is 10.3 Å². The molecule has 0 radical (unpaired) electrons. The van der Waals surface area contributed by atoms with Gasteiger partial charge in [-0.05, 0) is 15.9 Å². The van der Waals surface area contributed by atoms with Crippen LogP contribution in [0.4, 0.5) is 0 Å². The van der Waals surface area contributed by atoms with Gasteiger partial charge in [0.2, 0.25) is 0 Å². The first-order valence-corrected chi connectivity index (χ1v) is 4.74. The summed E-state index contributed by atoms with van der Waals surface area (Å²) in [6.45, 7) is -0.0328. The molecule has 2 aromatic rings. The Morgan fingerprint density at radius 1 is 1.64 bits per heavy atom. The number of ketones is 1. The van der Waals surface area contributed by atoms with Crippen molar-refractivity contribution < 1.29 is 4.79 Å². The molecule has 2 rings (SSSR count). The van der Waals surface area contributed by atoms with Gasteiger partial charge in [0.15, 0.2) is 11.4 Å². The highest BCUT2D eigenvalue weighted by Gasteiger charge is 2.10. The number of carbonyl (C=O) groups excluding carboxylic acids is 1. The van der Waals surface area contributed by atoms with Crippen molar-refractivity contribution in [2.75, 3.05) is 6.54 Å². The molecule has 2 heterocycles. The molecule has 0 spiro atoms. The molecule has 0 saturated carbocycles. The van der Waals surface area contributed by atoms with E-state index in [0.717, 1.165) is 0 Å². The van der Waals surface area contributed by atoms with Crippen LogP contribution in [0.2, 0.25) is 0 Å². The van der Waals surface area contributed by atoms with Crippen LogP contribution < -0.4 is 5.73 Å². The highest BCUT2D eigenvalue weighted by molar-refractivity contribution is 9.10. The molecule has 2 N–H and O–H groups in total. The molecule has 0 fully saturated rings. The van der Waals surface area contributed by atoms with Gasteiger partial charge in [0.25, 0.3) is 0 Å². The second kappa shape index (κ2) is 3.47. The number of Topliss-reactive ketones (excluding diaryl/α,β-unsaturated/α-hetero) is 1. The van der Waals surface area contributed by atoms with Crippen molar-refractivity contribution in [3.63, 3.8) is 0 Å². The summed E-state index contributed by atoms with van der Waals surface area (Å²) >= 11 is 3.24. The standard InChI is InChI=1S/C8H7BrN4O/c9-7-8-12-5(6(14)3-10)4-13(8)2-1-11-7/h1-2,4H,3,10H2. The minimum atomic E-state index is -0.180. The molecule has 0 aliphatic rings. The van der Waals surface area contributed by atoms with Crippen LogP contribution in [0.5, 0.6) is 0 Å². The molecule has 0 unspecified atom stereocenters. The summed E-state index contributed by atoms with van der Waals surface area (Å²) in [5.41, 5.74) is 6.22. The predicted molar refractivity (Wildman–Crippen MR) is 54.1 cm³/mol. The fourth-order valence-corrected chi connectivity index (χ4v) is 1.54. The van der Waals surface area contributed by atoms with Crippen molar-refractivity contribution in [3.8, 4) is 0 Å². The summed E-state index contributed by atoms with van der Waals surface area (Å²) in [6, 6.07) is 0. The second-order valence-corrected chi connectivity index (χ2v) is 3.45. The normalized spacial score (nSPS) is 10.7. The van der Waals surface area contributed by atoms with Gasteiger partial charge in [-0.25, -0.2) is 9.97 Å². The number of aromatic nitrogens is 3. The minimum Gasteiger partial charge on any atom is -0.324 e. The molecule has 0 bridgehead atoms. The first-order valence-electron chi connectivity index (χ1n) is 3.95. The van der Waals surface area contributed by atoms with E-state index < -0.39 is 0 Å². The third kappa shape index (κ3) is 1.42. The number of nitrogens with zero attached hydrogens (tertiary/aromatic N) is 3. The summed E-state index contributed by atoms with van der Waals surface area (Å²) in [5.74, 6) is -0.180. The van der Waals surface area contributed by atoms with Crippen LogP contribution in [-0.2, 0) is 0 Å². The average Bonchev–Trinajstić information content (AvgIpc) is 2.62. The maximum Gasteiger partial charge on any atom is 0.196 e. The highest BCUT2D eigenvalue weighted by atomic mass is 79.9. The Hall–Kier alpha value is -1.27. The summed E-state index contributed by atoms with van der Waals surface area (Å²) < 4.78 is 2.33. The number of carbonyl (C=O) groups is 1. The lowest BCUT2D eigenvalue weighted by atomic mass is 10.3. The van der Waals surface area contributed by atoms with Crippen molar-refractivity contribution >= 4 is 27.4 Å². The third-order valence-electron chi connectivity index (χ3n) is 1.80. The smallest absolute Gasteiger partial charge is 0.196 e. The quantitative estimate of drug-likeness (QED) is 0.799. The van der Waals surface area contributed by atoms with Gasteiger partial charge < -0.3 is 10.1 Å². The van der Waals surface area contributed by atoms with Crippen molar-refractivity contribution in [1.82, 2.24) is 14.4 Å². The molecule has 0 aliphatic carbocycles. The SMILES string of the molecule is NCC(=O)c1cn2ccnc(Br)c2n1. The Kier molecular flexibility index (Phi) is 2.30. The Morgan fingerprint density at radius 3 is 3.07 bits per heavy atom. The van der Waals surface area contributed by atoms with Crippen LogP contribution in [-0.4, -0.2) is 26.7 Å².